The fourth-order valence-electron chi connectivity index (χ4n) is 2.47. The van der Waals surface area contributed by atoms with Crippen LogP contribution in [0.2, 0.25) is 0 Å². The van der Waals surface area contributed by atoms with E-state index in [0.29, 0.717) is 11.0 Å². The number of hydrogen-bond acceptors (Lipinski definition) is 2. The molecule has 13 heavy (non-hydrogen) atoms. The lowest BCUT2D eigenvalue weighted by atomic mass is 9.69. The molecule has 0 amide bonds. The summed E-state index contributed by atoms with van der Waals surface area (Å²) in [4.78, 5) is 2.45. The van der Waals surface area contributed by atoms with Gasteiger partial charge in [-0.3, -0.25) is 0 Å². The zero-order chi connectivity index (χ0) is 10.1. The fraction of sp³-hybridized carbons (Fsp3) is 1.00. The second-order valence-electron chi connectivity index (χ2n) is 5.22. The van der Waals surface area contributed by atoms with Gasteiger partial charge in [-0.05, 0) is 58.7 Å². The first-order valence-corrected chi connectivity index (χ1v) is 5.37. The number of piperidine rings is 1. The summed E-state index contributed by atoms with van der Waals surface area (Å²) < 4.78 is 0. The minimum atomic E-state index is 0.327. The molecule has 2 N–H and O–H groups in total. The molecule has 1 atom stereocenters. The first-order valence-electron chi connectivity index (χ1n) is 5.37. The molecule has 2 heteroatoms. The Morgan fingerprint density at radius 1 is 1.38 bits per heavy atom. The van der Waals surface area contributed by atoms with E-state index in [1.165, 1.54) is 25.8 Å². The molecule has 1 aliphatic heterocycles. The minimum Gasteiger partial charge on any atom is -0.330 e. The molecule has 1 saturated heterocycles. The van der Waals surface area contributed by atoms with E-state index in [-0.39, 0.29) is 0 Å². The van der Waals surface area contributed by atoms with Gasteiger partial charge in [-0.25, -0.2) is 0 Å². The molecule has 0 spiro atoms. The molecule has 1 aliphatic rings. The molecule has 2 nitrogen and oxygen atoms in total. The van der Waals surface area contributed by atoms with Gasteiger partial charge in [0.15, 0.2) is 0 Å². The molecule has 0 aromatic carbocycles. The van der Waals surface area contributed by atoms with Gasteiger partial charge in [0.2, 0.25) is 0 Å². The molecule has 1 heterocycles. The average molecular weight is 184 g/mol. The van der Waals surface area contributed by atoms with Crippen LogP contribution in [0, 0.1) is 5.41 Å². The summed E-state index contributed by atoms with van der Waals surface area (Å²) in [5, 5.41) is 0. The molecular formula is C11H24N2. The number of hydrogen-bond donors (Lipinski definition) is 1. The predicted octanol–water partition coefficient (Wildman–Crippen LogP) is 1.85. The van der Waals surface area contributed by atoms with Crippen LogP contribution in [0.3, 0.4) is 0 Å². The summed E-state index contributed by atoms with van der Waals surface area (Å²) in [5.41, 5.74) is 6.64. The van der Waals surface area contributed by atoms with E-state index < -0.39 is 0 Å². The standard InChI is InChI=1S/C11H24N2/c1-5-11(9-12)6-7-13(4)10(2,3)8-11/h5-9,12H2,1-4H3. The maximum absolute atomic E-state index is 5.90. The van der Waals surface area contributed by atoms with Gasteiger partial charge in [0.25, 0.3) is 0 Å². The summed E-state index contributed by atoms with van der Waals surface area (Å²) in [6.07, 6.45) is 3.73. The molecule has 1 rings (SSSR count). The van der Waals surface area contributed by atoms with Gasteiger partial charge in [-0.1, -0.05) is 6.92 Å². The van der Waals surface area contributed by atoms with Crippen molar-refractivity contribution in [2.45, 2.75) is 45.6 Å². The topological polar surface area (TPSA) is 29.3 Å². The number of nitrogens with two attached hydrogens (primary N) is 1. The monoisotopic (exact) mass is 184 g/mol. The van der Waals surface area contributed by atoms with Crippen LogP contribution in [0.5, 0.6) is 0 Å². The lowest BCUT2D eigenvalue weighted by Crippen LogP contribution is -2.53. The van der Waals surface area contributed by atoms with Crippen LogP contribution < -0.4 is 5.73 Å². The first-order chi connectivity index (χ1) is 5.96. The largest absolute Gasteiger partial charge is 0.330 e. The third-order valence-corrected chi connectivity index (χ3v) is 4.00. The first kappa shape index (κ1) is 11.0. The highest BCUT2D eigenvalue weighted by molar-refractivity contribution is 4.95. The second kappa shape index (κ2) is 3.58. The van der Waals surface area contributed by atoms with E-state index in [2.05, 4.69) is 32.7 Å². The van der Waals surface area contributed by atoms with Crippen LogP contribution in [-0.2, 0) is 0 Å². The van der Waals surface area contributed by atoms with Crippen molar-refractivity contribution in [2.75, 3.05) is 20.1 Å². The molecule has 0 saturated carbocycles. The molecule has 0 aromatic rings. The summed E-state index contributed by atoms with van der Waals surface area (Å²) in [5.74, 6) is 0. The Morgan fingerprint density at radius 2 is 2.00 bits per heavy atom. The van der Waals surface area contributed by atoms with Crippen molar-refractivity contribution in [3.8, 4) is 0 Å². The lowest BCUT2D eigenvalue weighted by molar-refractivity contribution is 0.0168. The highest BCUT2D eigenvalue weighted by Gasteiger charge is 2.40. The maximum Gasteiger partial charge on any atom is 0.0155 e. The number of rotatable bonds is 2. The second-order valence-corrected chi connectivity index (χ2v) is 5.22. The van der Waals surface area contributed by atoms with Crippen LogP contribution in [0.4, 0.5) is 0 Å². The molecule has 78 valence electrons. The number of nitrogens with zero attached hydrogens (tertiary/aromatic N) is 1. The van der Waals surface area contributed by atoms with Gasteiger partial charge in [-0.2, -0.15) is 0 Å². The molecule has 1 unspecified atom stereocenters. The molecule has 0 aliphatic carbocycles. The normalized spacial score (nSPS) is 34.8. The van der Waals surface area contributed by atoms with Crippen molar-refractivity contribution in [2.24, 2.45) is 11.1 Å². The van der Waals surface area contributed by atoms with Crippen LogP contribution in [0.15, 0.2) is 0 Å². The lowest BCUT2D eigenvalue weighted by Gasteiger charge is -2.49. The van der Waals surface area contributed by atoms with Crippen LogP contribution in [0.1, 0.15) is 40.0 Å². The Kier molecular flexibility index (Phi) is 3.03. The third-order valence-electron chi connectivity index (χ3n) is 4.00. The molecular weight excluding hydrogens is 160 g/mol. The van der Waals surface area contributed by atoms with Crippen LogP contribution >= 0.6 is 0 Å². The molecule has 0 radical (unpaired) electrons. The van der Waals surface area contributed by atoms with Gasteiger partial charge < -0.3 is 10.6 Å². The Labute approximate surface area is 82.5 Å². The number of likely N-dealkylation sites (tertiary alicyclic amines) is 1. The van der Waals surface area contributed by atoms with Crippen molar-refractivity contribution >= 4 is 0 Å². The van der Waals surface area contributed by atoms with Crippen LogP contribution in [-0.4, -0.2) is 30.6 Å². The Bertz CT molecular complexity index is 171. The SMILES string of the molecule is CCC1(CN)CCN(C)C(C)(C)C1. The Hall–Kier alpha value is -0.0800. The van der Waals surface area contributed by atoms with Gasteiger partial charge >= 0.3 is 0 Å². The van der Waals surface area contributed by atoms with E-state index in [1.807, 2.05) is 0 Å². The molecule has 1 fully saturated rings. The summed E-state index contributed by atoms with van der Waals surface area (Å²) >= 11 is 0. The predicted molar refractivity (Wildman–Crippen MR) is 57.7 cm³/mol. The quantitative estimate of drug-likeness (QED) is 0.709. The van der Waals surface area contributed by atoms with Gasteiger partial charge in [0.1, 0.15) is 0 Å². The van der Waals surface area contributed by atoms with Crippen molar-refractivity contribution < 1.29 is 0 Å². The van der Waals surface area contributed by atoms with E-state index in [9.17, 15) is 0 Å². The zero-order valence-electron chi connectivity index (χ0n) is 9.56. The fourth-order valence-corrected chi connectivity index (χ4v) is 2.47. The van der Waals surface area contributed by atoms with Crippen molar-refractivity contribution in [3.05, 3.63) is 0 Å². The van der Waals surface area contributed by atoms with Crippen molar-refractivity contribution in [3.63, 3.8) is 0 Å². The summed E-state index contributed by atoms with van der Waals surface area (Å²) in [6.45, 7) is 8.96. The van der Waals surface area contributed by atoms with E-state index >= 15 is 0 Å². The third kappa shape index (κ3) is 2.05. The van der Waals surface area contributed by atoms with Gasteiger partial charge in [0, 0.05) is 5.54 Å². The maximum atomic E-state index is 5.90. The smallest absolute Gasteiger partial charge is 0.0155 e. The van der Waals surface area contributed by atoms with Crippen molar-refractivity contribution in [1.82, 2.24) is 4.90 Å². The molecule has 0 bridgehead atoms. The summed E-state index contributed by atoms with van der Waals surface area (Å²) in [6, 6.07) is 0. The average Bonchev–Trinajstić information content (AvgIpc) is 2.10. The molecule has 0 aromatic heterocycles. The Morgan fingerprint density at radius 3 is 2.38 bits per heavy atom. The van der Waals surface area contributed by atoms with E-state index in [4.69, 9.17) is 5.73 Å². The highest BCUT2D eigenvalue weighted by atomic mass is 15.2. The highest BCUT2D eigenvalue weighted by Crippen LogP contribution is 2.41. The minimum absolute atomic E-state index is 0.327. The van der Waals surface area contributed by atoms with Crippen molar-refractivity contribution in [1.29, 1.82) is 0 Å². The van der Waals surface area contributed by atoms with Gasteiger partial charge in [-0.15, -0.1) is 0 Å². The van der Waals surface area contributed by atoms with E-state index in [0.717, 1.165) is 6.54 Å². The zero-order valence-corrected chi connectivity index (χ0v) is 9.56. The van der Waals surface area contributed by atoms with Crippen LogP contribution in [0.25, 0.3) is 0 Å². The summed E-state index contributed by atoms with van der Waals surface area (Å²) in [7, 11) is 2.22. The van der Waals surface area contributed by atoms with Gasteiger partial charge in [0.05, 0.1) is 0 Å². The Balaban J connectivity index is 2.74. The van der Waals surface area contributed by atoms with E-state index in [1.54, 1.807) is 0 Å².